The van der Waals surface area contributed by atoms with E-state index in [1.807, 2.05) is 32.0 Å². The molecule has 18 heavy (non-hydrogen) atoms. The average molecular weight is 246 g/mol. The molecule has 0 aliphatic heterocycles. The van der Waals surface area contributed by atoms with Gasteiger partial charge in [-0.25, -0.2) is 0 Å². The molecule has 0 N–H and O–H groups in total. The molecule has 0 aliphatic rings. The topological polar surface area (TPSA) is 53.3 Å². The summed E-state index contributed by atoms with van der Waals surface area (Å²) in [4.78, 5) is 13.1. The summed E-state index contributed by atoms with van der Waals surface area (Å²) in [5, 5.41) is 8.49. The van der Waals surface area contributed by atoms with Gasteiger partial charge in [0.2, 0.25) is 5.91 Å². The third-order valence-electron chi connectivity index (χ3n) is 2.80. The predicted octanol–water partition coefficient (Wildman–Crippen LogP) is 2.18. The summed E-state index contributed by atoms with van der Waals surface area (Å²) >= 11 is 0. The monoisotopic (exact) mass is 246 g/mol. The van der Waals surface area contributed by atoms with Crippen LogP contribution in [0.4, 0.5) is 0 Å². The Balaban J connectivity index is 2.87. The molecule has 0 radical (unpaired) electrons. The highest BCUT2D eigenvalue weighted by Gasteiger charge is 2.11. The highest BCUT2D eigenvalue weighted by Crippen LogP contribution is 2.24. The third kappa shape index (κ3) is 3.24. The summed E-state index contributed by atoms with van der Waals surface area (Å²) in [5.74, 6) is 0.716. The molecule has 0 saturated carbocycles. The first-order valence-electron chi connectivity index (χ1n) is 5.74. The van der Waals surface area contributed by atoms with Gasteiger partial charge in [-0.1, -0.05) is 12.1 Å². The van der Waals surface area contributed by atoms with E-state index in [1.165, 1.54) is 0 Å². The zero-order valence-electron chi connectivity index (χ0n) is 11.3. The maximum Gasteiger partial charge on any atom is 0.236 e. The Morgan fingerprint density at radius 1 is 1.39 bits per heavy atom. The summed E-state index contributed by atoms with van der Waals surface area (Å²) in [6, 6.07) is 5.87. The number of carbonyl (C=O) groups is 1. The van der Waals surface area contributed by atoms with Crippen molar-refractivity contribution in [2.75, 3.05) is 14.2 Å². The Bertz CT molecular complexity index is 466. The minimum absolute atomic E-state index is 0.0788. The van der Waals surface area contributed by atoms with E-state index < -0.39 is 0 Å². The minimum atomic E-state index is -0.163. The third-order valence-corrected chi connectivity index (χ3v) is 2.80. The fourth-order valence-corrected chi connectivity index (χ4v) is 2.02. The van der Waals surface area contributed by atoms with Gasteiger partial charge in [-0.15, -0.1) is 0 Å². The SMILES string of the molecule is COc1c(C)cc(CN(C)C(=O)CC#N)cc1C. The number of amides is 1. The lowest BCUT2D eigenvalue weighted by Crippen LogP contribution is -2.25. The molecule has 1 aromatic carbocycles. The molecule has 0 aromatic heterocycles. The van der Waals surface area contributed by atoms with E-state index in [-0.39, 0.29) is 12.3 Å². The van der Waals surface area contributed by atoms with Crippen molar-refractivity contribution in [1.82, 2.24) is 4.90 Å². The second kappa shape index (κ2) is 6.06. The molecule has 0 atom stereocenters. The second-order valence-corrected chi connectivity index (χ2v) is 4.35. The molecule has 96 valence electrons. The van der Waals surface area contributed by atoms with Gasteiger partial charge in [0.05, 0.1) is 13.2 Å². The maximum atomic E-state index is 11.5. The zero-order valence-corrected chi connectivity index (χ0v) is 11.3. The number of methoxy groups -OCH3 is 1. The minimum Gasteiger partial charge on any atom is -0.496 e. The van der Waals surface area contributed by atoms with Crippen LogP contribution >= 0.6 is 0 Å². The van der Waals surface area contributed by atoms with E-state index in [9.17, 15) is 4.79 Å². The van der Waals surface area contributed by atoms with E-state index in [0.29, 0.717) is 6.54 Å². The molecule has 1 amide bonds. The van der Waals surface area contributed by atoms with Crippen molar-refractivity contribution in [3.63, 3.8) is 0 Å². The van der Waals surface area contributed by atoms with Crippen LogP contribution in [0.3, 0.4) is 0 Å². The number of nitriles is 1. The van der Waals surface area contributed by atoms with Crippen LogP contribution in [0.2, 0.25) is 0 Å². The van der Waals surface area contributed by atoms with Crippen molar-refractivity contribution in [2.45, 2.75) is 26.8 Å². The van der Waals surface area contributed by atoms with Crippen LogP contribution in [-0.2, 0) is 11.3 Å². The summed E-state index contributed by atoms with van der Waals surface area (Å²) < 4.78 is 5.30. The number of aryl methyl sites for hydroxylation is 2. The quantitative estimate of drug-likeness (QED) is 0.818. The van der Waals surface area contributed by atoms with Gasteiger partial charge in [-0.3, -0.25) is 4.79 Å². The lowest BCUT2D eigenvalue weighted by atomic mass is 10.1. The molecule has 0 heterocycles. The van der Waals surface area contributed by atoms with Gasteiger partial charge in [0.1, 0.15) is 12.2 Å². The number of nitrogens with zero attached hydrogens (tertiary/aromatic N) is 2. The number of benzene rings is 1. The summed E-state index contributed by atoms with van der Waals surface area (Å²) in [7, 11) is 3.35. The van der Waals surface area contributed by atoms with Crippen LogP contribution in [0.25, 0.3) is 0 Å². The zero-order chi connectivity index (χ0) is 13.7. The van der Waals surface area contributed by atoms with Gasteiger partial charge < -0.3 is 9.64 Å². The van der Waals surface area contributed by atoms with Crippen molar-refractivity contribution < 1.29 is 9.53 Å². The second-order valence-electron chi connectivity index (χ2n) is 4.35. The molecule has 0 aliphatic carbocycles. The number of rotatable bonds is 4. The first-order valence-corrected chi connectivity index (χ1v) is 5.74. The Labute approximate surface area is 108 Å². The molecule has 0 fully saturated rings. The van der Waals surface area contributed by atoms with Gasteiger partial charge in [0.25, 0.3) is 0 Å². The number of hydrogen-bond acceptors (Lipinski definition) is 3. The molecule has 4 heteroatoms. The van der Waals surface area contributed by atoms with Crippen LogP contribution in [-0.4, -0.2) is 25.0 Å². The maximum absolute atomic E-state index is 11.5. The molecule has 0 bridgehead atoms. The van der Waals surface area contributed by atoms with Crippen LogP contribution in [0.5, 0.6) is 5.75 Å². The highest BCUT2D eigenvalue weighted by molar-refractivity contribution is 5.77. The lowest BCUT2D eigenvalue weighted by molar-refractivity contribution is -0.129. The van der Waals surface area contributed by atoms with Crippen molar-refractivity contribution in [2.24, 2.45) is 0 Å². The van der Waals surface area contributed by atoms with Crippen LogP contribution in [0, 0.1) is 25.2 Å². The molecule has 0 spiro atoms. The summed E-state index contributed by atoms with van der Waals surface area (Å²) in [6.07, 6.45) is -0.0788. The predicted molar refractivity (Wildman–Crippen MR) is 69.2 cm³/mol. The van der Waals surface area contributed by atoms with Gasteiger partial charge in [0, 0.05) is 13.6 Å². The Hall–Kier alpha value is -2.02. The highest BCUT2D eigenvalue weighted by atomic mass is 16.5. The van der Waals surface area contributed by atoms with Gasteiger partial charge in [0.15, 0.2) is 0 Å². The van der Waals surface area contributed by atoms with Crippen LogP contribution < -0.4 is 4.74 Å². The van der Waals surface area contributed by atoms with E-state index in [2.05, 4.69) is 0 Å². The van der Waals surface area contributed by atoms with Gasteiger partial charge in [-0.05, 0) is 30.5 Å². The van der Waals surface area contributed by atoms with Crippen molar-refractivity contribution in [3.8, 4) is 11.8 Å². The van der Waals surface area contributed by atoms with E-state index in [0.717, 1.165) is 22.4 Å². The molecule has 1 aromatic rings. The first-order chi connectivity index (χ1) is 8.49. The first kappa shape index (κ1) is 14.0. The van der Waals surface area contributed by atoms with Crippen LogP contribution in [0.15, 0.2) is 12.1 Å². The van der Waals surface area contributed by atoms with Crippen LogP contribution in [0.1, 0.15) is 23.1 Å². The van der Waals surface area contributed by atoms with Crippen molar-refractivity contribution >= 4 is 5.91 Å². The van der Waals surface area contributed by atoms with Gasteiger partial charge in [-0.2, -0.15) is 5.26 Å². The fraction of sp³-hybridized carbons (Fsp3) is 0.429. The van der Waals surface area contributed by atoms with E-state index in [4.69, 9.17) is 10.00 Å². The number of hydrogen-bond donors (Lipinski definition) is 0. The van der Waals surface area contributed by atoms with E-state index >= 15 is 0 Å². The molecule has 0 saturated heterocycles. The average Bonchev–Trinajstić information content (AvgIpc) is 2.28. The largest absolute Gasteiger partial charge is 0.496 e. The number of ether oxygens (including phenoxy) is 1. The summed E-state index contributed by atoms with van der Waals surface area (Å²) in [5.41, 5.74) is 3.14. The van der Waals surface area contributed by atoms with Gasteiger partial charge >= 0.3 is 0 Å². The fourth-order valence-electron chi connectivity index (χ4n) is 2.02. The van der Waals surface area contributed by atoms with E-state index in [1.54, 1.807) is 19.1 Å². The summed E-state index contributed by atoms with van der Waals surface area (Å²) in [6.45, 7) is 4.46. The van der Waals surface area contributed by atoms with Crippen molar-refractivity contribution in [1.29, 1.82) is 5.26 Å². The Morgan fingerprint density at radius 3 is 2.39 bits per heavy atom. The molecular weight excluding hydrogens is 228 g/mol. The molecule has 1 rings (SSSR count). The normalized spacial score (nSPS) is 9.72. The van der Waals surface area contributed by atoms with Crippen molar-refractivity contribution in [3.05, 3.63) is 28.8 Å². The number of carbonyl (C=O) groups excluding carboxylic acids is 1. The smallest absolute Gasteiger partial charge is 0.236 e. The Morgan fingerprint density at radius 2 is 1.94 bits per heavy atom. The molecular formula is C14H18N2O2. The lowest BCUT2D eigenvalue weighted by Gasteiger charge is -2.17. The molecule has 0 unspecified atom stereocenters. The standard InChI is InChI=1S/C14H18N2O2/c1-10-7-12(8-11(2)14(10)18-4)9-16(3)13(17)5-6-15/h7-8H,5,9H2,1-4H3. The Kier molecular flexibility index (Phi) is 4.73. The molecule has 4 nitrogen and oxygen atoms in total.